The van der Waals surface area contributed by atoms with E-state index < -0.39 is 41.0 Å². The molecule has 1 aromatic rings. The maximum absolute atomic E-state index is 14.3. The zero-order valence-corrected chi connectivity index (χ0v) is 9.43. The number of hydrogen-bond acceptors (Lipinski definition) is 3. The fraction of sp³-hybridized carbons (Fsp3) is 0.333. The van der Waals surface area contributed by atoms with Crippen LogP contribution in [-0.4, -0.2) is 24.0 Å². The molecule has 1 aliphatic carbocycles. The van der Waals surface area contributed by atoms with Crippen LogP contribution in [0.4, 0.5) is 13.2 Å². The number of ketones is 1. The molecule has 0 fully saturated rings. The Morgan fingerprint density at radius 1 is 1.44 bits per heavy atom. The molecule has 0 aliphatic heterocycles. The summed E-state index contributed by atoms with van der Waals surface area (Å²) in [5.41, 5.74) is -3.69. The predicted octanol–water partition coefficient (Wildman–Crippen LogP) is 1.98. The van der Waals surface area contributed by atoms with Crippen molar-refractivity contribution in [2.75, 3.05) is 6.61 Å². The van der Waals surface area contributed by atoms with E-state index in [0.29, 0.717) is 6.07 Å². The van der Waals surface area contributed by atoms with E-state index in [1.807, 2.05) is 0 Å². The first-order chi connectivity index (χ1) is 8.40. The summed E-state index contributed by atoms with van der Waals surface area (Å²) in [7, 11) is 0. The Hall–Kier alpha value is -1.85. The van der Waals surface area contributed by atoms with E-state index in [2.05, 4.69) is 4.74 Å². The van der Waals surface area contributed by atoms with Gasteiger partial charge in [-0.25, -0.2) is 18.0 Å². The second-order valence-corrected chi connectivity index (χ2v) is 3.95. The molecule has 0 heterocycles. The van der Waals surface area contributed by atoms with E-state index in [1.54, 1.807) is 0 Å². The van der Waals surface area contributed by atoms with Crippen molar-refractivity contribution in [1.82, 2.24) is 0 Å². The summed E-state index contributed by atoms with van der Waals surface area (Å²) in [4.78, 5) is 23.1. The van der Waals surface area contributed by atoms with Gasteiger partial charge in [0.1, 0.15) is 11.6 Å². The molecule has 0 aromatic heterocycles. The number of halogens is 3. The van der Waals surface area contributed by atoms with Crippen molar-refractivity contribution in [2.45, 2.75) is 19.0 Å². The van der Waals surface area contributed by atoms with Gasteiger partial charge in [-0.2, -0.15) is 0 Å². The molecule has 0 N–H and O–H groups in total. The highest BCUT2D eigenvalue weighted by atomic mass is 19.1. The average Bonchev–Trinajstić information content (AvgIpc) is 2.52. The maximum Gasteiger partial charge on any atom is 0.352 e. The molecule has 18 heavy (non-hydrogen) atoms. The zero-order chi connectivity index (χ0) is 13.5. The van der Waals surface area contributed by atoms with Crippen LogP contribution in [0.3, 0.4) is 0 Å². The number of ether oxygens (including phenoxy) is 1. The lowest BCUT2D eigenvalue weighted by Gasteiger charge is -2.14. The summed E-state index contributed by atoms with van der Waals surface area (Å²) in [6.07, 6.45) is -0.700. The van der Waals surface area contributed by atoms with Gasteiger partial charge in [0, 0.05) is 12.5 Å². The predicted molar refractivity (Wildman–Crippen MR) is 54.9 cm³/mol. The number of alkyl halides is 1. The second kappa shape index (κ2) is 4.12. The largest absolute Gasteiger partial charge is 0.463 e. The summed E-state index contributed by atoms with van der Waals surface area (Å²) in [6, 6.07) is 1.32. The molecule has 3 nitrogen and oxygen atoms in total. The lowest BCUT2D eigenvalue weighted by Crippen LogP contribution is -2.41. The van der Waals surface area contributed by atoms with Crippen molar-refractivity contribution in [1.29, 1.82) is 0 Å². The van der Waals surface area contributed by atoms with E-state index in [1.165, 1.54) is 6.92 Å². The third-order valence-electron chi connectivity index (χ3n) is 2.76. The van der Waals surface area contributed by atoms with Crippen LogP contribution < -0.4 is 0 Å². The van der Waals surface area contributed by atoms with Gasteiger partial charge in [-0.3, -0.25) is 4.79 Å². The van der Waals surface area contributed by atoms with Crippen molar-refractivity contribution in [3.8, 4) is 0 Å². The van der Waals surface area contributed by atoms with Crippen LogP contribution in [-0.2, 0) is 16.0 Å². The first-order valence-electron chi connectivity index (χ1n) is 5.29. The van der Waals surface area contributed by atoms with Gasteiger partial charge in [-0.05, 0) is 18.6 Å². The number of Topliss-reactive ketones (excluding diaryl/α,β-unsaturated/α-hetero) is 1. The lowest BCUT2D eigenvalue weighted by molar-refractivity contribution is -0.153. The van der Waals surface area contributed by atoms with Crippen molar-refractivity contribution in [2.24, 2.45) is 0 Å². The van der Waals surface area contributed by atoms with Crippen LogP contribution in [0, 0.1) is 11.6 Å². The van der Waals surface area contributed by atoms with Crippen LogP contribution in [0.1, 0.15) is 22.8 Å². The minimum absolute atomic E-state index is 0.106. The molecule has 1 atom stereocenters. The fourth-order valence-electron chi connectivity index (χ4n) is 1.97. The standard InChI is InChI=1S/C12H9F3O3/c1-2-18-11(17)12(15)5-6-3-7(13)4-8(14)9(6)10(12)16/h3-4H,2,5H2,1H3/t12-/m0/s1. The molecule has 6 heteroatoms. The maximum atomic E-state index is 14.3. The molecule has 0 spiro atoms. The van der Waals surface area contributed by atoms with Gasteiger partial charge < -0.3 is 4.74 Å². The van der Waals surface area contributed by atoms with E-state index in [0.717, 1.165) is 6.07 Å². The van der Waals surface area contributed by atoms with Crippen LogP contribution in [0.2, 0.25) is 0 Å². The summed E-state index contributed by atoms with van der Waals surface area (Å²) < 4.78 is 45.1. The van der Waals surface area contributed by atoms with Crippen molar-refractivity contribution < 1.29 is 27.5 Å². The quantitative estimate of drug-likeness (QED) is 0.601. The van der Waals surface area contributed by atoms with Gasteiger partial charge in [0.2, 0.25) is 5.78 Å². The normalized spacial score (nSPS) is 21.9. The van der Waals surface area contributed by atoms with Crippen LogP contribution in [0.5, 0.6) is 0 Å². The third-order valence-corrected chi connectivity index (χ3v) is 2.76. The fourth-order valence-corrected chi connectivity index (χ4v) is 1.97. The molecular weight excluding hydrogens is 249 g/mol. The second-order valence-electron chi connectivity index (χ2n) is 3.95. The first-order valence-corrected chi connectivity index (χ1v) is 5.29. The molecule has 0 unspecified atom stereocenters. The monoisotopic (exact) mass is 258 g/mol. The van der Waals surface area contributed by atoms with Gasteiger partial charge in [0.15, 0.2) is 0 Å². The average molecular weight is 258 g/mol. The Balaban J connectivity index is 2.47. The van der Waals surface area contributed by atoms with Crippen molar-refractivity contribution >= 4 is 11.8 Å². The molecule has 0 radical (unpaired) electrons. The van der Waals surface area contributed by atoms with Gasteiger partial charge in [0.05, 0.1) is 12.2 Å². The Morgan fingerprint density at radius 3 is 2.72 bits per heavy atom. The Morgan fingerprint density at radius 2 is 2.11 bits per heavy atom. The number of fused-ring (bicyclic) bond motifs is 1. The van der Waals surface area contributed by atoms with E-state index in [9.17, 15) is 22.8 Å². The van der Waals surface area contributed by atoms with Gasteiger partial charge in [0.25, 0.3) is 5.67 Å². The van der Waals surface area contributed by atoms with E-state index in [4.69, 9.17) is 0 Å². The third kappa shape index (κ3) is 1.68. The zero-order valence-electron chi connectivity index (χ0n) is 9.43. The number of esters is 1. The van der Waals surface area contributed by atoms with Crippen molar-refractivity contribution in [3.63, 3.8) is 0 Å². The summed E-state index contributed by atoms with van der Waals surface area (Å²) in [5.74, 6) is -4.77. The molecule has 0 bridgehead atoms. The van der Waals surface area contributed by atoms with Gasteiger partial charge in [-0.1, -0.05) is 0 Å². The molecule has 2 rings (SSSR count). The molecule has 1 aliphatic rings. The summed E-state index contributed by atoms with van der Waals surface area (Å²) >= 11 is 0. The number of carbonyl (C=O) groups is 2. The SMILES string of the molecule is CCOC(=O)[C@]1(F)Cc2cc(F)cc(F)c2C1=O. The van der Waals surface area contributed by atoms with E-state index in [-0.39, 0.29) is 12.2 Å². The Kier molecular flexibility index (Phi) is 2.88. The first kappa shape index (κ1) is 12.6. The van der Waals surface area contributed by atoms with E-state index >= 15 is 0 Å². The molecule has 96 valence electrons. The van der Waals surface area contributed by atoms with Crippen LogP contribution in [0.15, 0.2) is 12.1 Å². The van der Waals surface area contributed by atoms with Crippen molar-refractivity contribution in [3.05, 3.63) is 34.9 Å². The summed E-state index contributed by atoms with van der Waals surface area (Å²) in [5, 5.41) is 0. The molecule has 0 saturated carbocycles. The molecular formula is C12H9F3O3. The topological polar surface area (TPSA) is 43.4 Å². The highest BCUT2D eigenvalue weighted by Gasteiger charge is 2.55. The Bertz CT molecular complexity index is 542. The van der Waals surface area contributed by atoms with Gasteiger partial charge in [-0.15, -0.1) is 0 Å². The minimum atomic E-state index is -2.95. The smallest absolute Gasteiger partial charge is 0.352 e. The van der Waals surface area contributed by atoms with Crippen LogP contribution in [0.25, 0.3) is 0 Å². The Labute approximate surface area is 101 Å². The minimum Gasteiger partial charge on any atom is -0.463 e. The highest BCUT2D eigenvalue weighted by Crippen LogP contribution is 2.36. The molecule has 1 aromatic carbocycles. The highest BCUT2D eigenvalue weighted by molar-refractivity contribution is 6.19. The lowest BCUT2D eigenvalue weighted by atomic mass is 10.0. The number of carbonyl (C=O) groups excluding carboxylic acids is 2. The summed E-state index contributed by atoms with van der Waals surface area (Å²) in [6.45, 7) is 1.35. The number of hydrogen-bond donors (Lipinski definition) is 0. The van der Waals surface area contributed by atoms with Gasteiger partial charge >= 0.3 is 5.97 Å². The van der Waals surface area contributed by atoms with Crippen LogP contribution >= 0.6 is 0 Å². The number of rotatable bonds is 2. The molecule has 0 saturated heterocycles. The molecule has 0 amide bonds. The number of benzene rings is 1.